The minimum Gasteiger partial charge on any atom is -0.380 e. The lowest BCUT2D eigenvalue weighted by atomic mass is 10.1. The van der Waals surface area contributed by atoms with Crippen LogP contribution in [0, 0.1) is 0 Å². The molecule has 0 aromatic heterocycles. The van der Waals surface area contributed by atoms with E-state index in [2.05, 4.69) is 15.6 Å². The minimum absolute atomic E-state index is 0.110. The third-order valence-corrected chi connectivity index (χ3v) is 3.46. The molecule has 0 aliphatic carbocycles. The van der Waals surface area contributed by atoms with Crippen molar-refractivity contribution in [1.82, 2.24) is 5.32 Å². The fourth-order valence-electron chi connectivity index (χ4n) is 2.18. The number of methoxy groups -OCH3 is 1. The molecule has 6 nitrogen and oxygen atoms in total. The van der Waals surface area contributed by atoms with Crippen LogP contribution in [0.5, 0.6) is 0 Å². The molecule has 126 valence electrons. The molecule has 24 heavy (non-hydrogen) atoms. The highest BCUT2D eigenvalue weighted by Gasteiger charge is 2.04. The number of carbonyl (C=O) groups is 1. The van der Waals surface area contributed by atoms with E-state index < -0.39 is 0 Å². The Kier molecular flexibility index (Phi) is 6.33. The molecule has 1 amide bonds. The van der Waals surface area contributed by atoms with E-state index in [4.69, 9.17) is 10.5 Å². The number of rotatable bonds is 6. The van der Waals surface area contributed by atoms with Crippen molar-refractivity contribution in [3.05, 3.63) is 65.2 Å². The molecule has 0 fully saturated rings. The van der Waals surface area contributed by atoms with Crippen molar-refractivity contribution >= 4 is 17.6 Å². The van der Waals surface area contributed by atoms with Crippen LogP contribution < -0.4 is 16.4 Å². The SMILES string of the molecule is CNC(=O)c1ccc(CN=C(N)Nc2ccccc2COC)cc1. The Balaban J connectivity index is 2.00. The molecule has 2 rings (SSSR count). The number of aliphatic imine (C=N–C) groups is 1. The van der Waals surface area contributed by atoms with Gasteiger partial charge in [-0.3, -0.25) is 4.79 Å². The van der Waals surface area contributed by atoms with E-state index in [0.717, 1.165) is 16.8 Å². The number of carbonyl (C=O) groups excluding carboxylic acids is 1. The zero-order valence-corrected chi connectivity index (χ0v) is 13.9. The van der Waals surface area contributed by atoms with Crippen molar-refractivity contribution in [3.63, 3.8) is 0 Å². The Morgan fingerprint density at radius 2 is 1.88 bits per heavy atom. The normalized spacial score (nSPS) is 11.2. The lowest BCUT2D eigenvalue weighted by molar-refractivity contribution is 0.0963. The number of nitrogens with two attached hydrogens (primary N) is 1. The molecule has 0 atom stereocenters. The predicted molar refractivity (Wildman–Crippen MR) is 95.9 cm³/mol. The molecular weight excluding hydrogens is 304 g/mol. The number of amides is 1. The monoisotopic (exact) mass is 326 g/mol. The summed E-state index contributed by atoms with van der Waals surface area (Å²) in [4.78, 5) is 15.8. The molecule has 0 saturated heterocycles. The van der Waals surface area contributed by atoms with E-state index >= 15 is 0 Å². The number of benzene rings is 2. The highest BCUT2D eigenvalue weighted by atomic mass is 16.5. The fraction of sp³-hybridized carbons (Fsp3) is 0.222. The second kappa shape index (κ2) is 8.69. The van der Waals surface area contributed by atoms with Crippen molar-refractivity contribution in [1.29, 1.82) is 0 Å². The smallest absolute Gasteiger partial charge is 0.251 e. The maximum absolute atomic E-state index is 11.5. The van der Waals surface area contributed by atoms with E-state index in [-0.39, 0.29) is 5.91 Å². The van der Waals surface area contributed by atoms with Gasteiger partial charge in [0.2, 0.25) is 0 Å². The zero-order valence-electron chi connectivity index (χ0n) is 13.9. The molecule has 0 unspecified atom stereocenters. The third kappa shape index (κ3) is 4.82. The first-order chi connectivity index (χ1) is 11.6. The number of para-hydroxylation sites is 1. The molecule has 2 aromatic carbocycles. The Morgan fingerprint density at radius 1 is 1.17 bits per heavy atom. The molecule has 0 heterocycles. The van der Waals surface area contributed by atoms with E-state index in [1.54, 1.807) is 26.3 Å². The Hall–Kier alpha value is -2.86. The molecule has 2 aromatic rings. The van der Waals surface area contributed by atoms with Crippen LogP contribution in [0.2, 0.25) is 0 Å². The summed E-state index contributed by atoms with van der Waals surface area (Å²) >= 11 is 0. The summed E-state index contributed by atoms with van der Waals surface area (Å²) in [5.74, 6) is 0.218. The molecule has 0 aliphatic rings. The number of guanidine groups is 1. The van der Waals surface area contributed by atoms with E-state index in [1.807, 2.05) is 36.4 Å². The van der Waals surface area contributed by atoms with Gasteiger partial charge < -0.3 is 21.1 Å². The van der Waals surface area contributed by atoms with Gasteiger partial charge in [0, 0.05) is 31.0 Å². The Labute approximate surface area is 141 Å². The van der Waals surface area contributed by atoms with Crippen LogP contribution >= 0.6 is 0 Å². The summed E-state index contributed by atoms with van der Waals surface area (Å²) in [7, 11) is 3.25. The molecule has 0 bridgehead atoms. The zero-order chi connectivity index (χ0) is 17.4. The number of hydrogen-bond acceptors (Lipinski definition) is 3. The second-order valence-corrected chi connectivity index (χ2v) is 5.19. The lowest BCUT2D eigenvalue weighted by Gasteiger charge is -2.11. The summed E-state index contributed by atoms with van der Waals surface area (Å²) in [6.45, 7) is 0.927. The van der Waals surface area contributed by atoms with Gasteiger partial charge >= 0.3 is 0 Å². The summed E-state index contributed by atoms with van der Waals surface area (Å²) < 4.78 is 5.17. The number of hydrogen-bond donors (Lipinski definition) is 3. The number of nitrogens with one attached hydrogen (secondary N) is 2. The number of ether oxygens (including phenoxy) is 1. The lowest BCUT2D eigenvalue weighted by Crippen LogP contribution is -2.23. The van der Waals surface area contributed by atoms with Crippen molar-refractivity contribution in [2.75, 3.05) is 19.5 Å². The van der Waals surface area contributed by atoms with Crippen LogP contribution in [-0.4, -0.2) is 26.0 Å². The molecule has 4 N–H and O–H groups in total. The van der Waals surface area contributed by atoms with Crippen molar-refractivity contribution in [2.24, 2.45) is 10.7 Å². The van der Waals surface area contributed by atoms with Gasteiger partial charge in [0.15, 0.2) is 5.96 Å². The van der Waals surface area contributed by atoms with Crippen LogP contribution in [0.15, 0.2) is 53.5 Å². The first kappa shape index (κ1) is 17.5. The Bertz CT molecular complexity index is 711. The molecular formula is C18H22N4O2. The Morgan fingerprint density at radius 3 is 2.54 bits per heavy atom. The van der Waals surface area contributed by atoms with Gasteiger partial charge in [-0.2, -0.15) is 0 Å². The van der Waals surface area contributed by atoms with Crippen LogP contribution in [0.25, 0.3) is 0 Å². The topological polar surface area (TPSA) is 88.7 Å². The quantitative estimate of drug-likeness (QED) is 0.560. The summed E-state index contributed by atoms with van der Waals surface area (Å²) in [6.07, 6.45) is 0. The van der Waals surface area contributed by atoms with Crippen LogP contribution in [-0.2, 0) is 17.9 Å². The molecule has 0 spiro atoms. The van der Waals surface area contributed by atoms with E-state index in [1.165, 1.54) is 0 Å². The first-order valence-electron chi connectivity index (χ1n) is 7.59. The maximum Gasteiger partial charge on any atom is 0.251 e. The summed E-state index contributed by atoms with van der Waals surface area (Å²) in [5, 5.41) is 5.68. The largest absolute Gasteiger partial charge is 0.380 e. The summed E-state index contributed by atoms with van der Waals surface area (Å²) in [6, 6.07) is 15.0. The number of anilines is 1. The van der Waals surface area contributed by atoms with Gasteiger partial charge in [-0.05, 0) is 23.8 Å². The molecule has 0 saturated carbocycles. The van der Waals surface area contributed by atoms with E-state index in [9.17, 15) is 4.79 Å². The average molecular weight is 326 g/mol. The van der Waals surface area contributed by atoms with Gasteiger partial charge in [0.25, 0.3) is 5.91 Å². The highest BCUT2D eigenvalue weighted by Crippen LogP contribution is 2.15. The van der Waals surface area contributed by atoms with Crippen LogP contribution in [0.3, 0.4) is 0 Å². The first-order valence-corrected chi connectivity index (χ1v) is 7.59. The van der Waals surface area contributed by atoms with Gasteiger partial charge in [-0.1, -0.05) is 30.3 Å². The summed E-state index contributed by atoms with van der Waals surface area (Å²) in [5.41, 5.74) is 9.42. The van der Waals surface area contributed by atoms with Gasteiger partial charge in [-0.15, -0.1) is 0 Å². The molecule has 6 heteroatoms. The van der Waals surface area contributed by atoms with Crippen LogP contribution in [0.4, 0.5) is 5.69 Å². The fourth-order valence-corrected chi connectivity index (χ4v) is 2.18. The van der Waals surface area contributed by atoms with Crippen molar-refractivity contribution in [3.8, 4) is 0 Å². The van der Waals surface area contributed by atoms with Gasteiger partial charge in [-0.25, -0.2) is 4.99 Å². The predicted octanol–water partition coefficient (Wildman–Crippen LogP) is 2.12. The van der Waals surface area contributed by atoms with Crippen LogP contribution in [0.1, 0.15) is 21.5 Å². The van der Waals surface area contributed by atoms with Crippen molar-refractivity contribution < 1.29 is 9.53 Å². The van der Waals surface area contributed by atoms with Gasteiger partial charge in [0.1, 0.15) is 0 Å². The van der Waals surface area contributed by atoms with Gasteiger partial charge in [0.05, 0.1) is 13.2 Å². The number of nitrogens with zero attached hydrogens (tertiary/aromatic N) is 1. The highest BCUT2D eigenvalue weighted by molar-refractivity contribution is 5.94. The molecule has 0 aliphatic heterocycles. The standard InChI is InChI=1S/C18H22N4O2/c1-20-17(23)14-9-7-13(8-10-14)11-21-18(19)22-16-6-4-3-5-15(16)12-24-2/h3-10H,11-12H2,1-2H3,(H,20,23)(H3,19,21,22). The van der Waals surface area contributed by atoms with Crippen molar-refractivity contribution in [2.45, 2.75) is 13.2 Å². The second-order valence-electron chi connectivity index (χ2n) is 5.19. The maximum atomic E-state index is 11.5. The average Bonchev–Trinajstić information content (AvgIpc) is 2.61. The van der Waals surface area contributed by atoms with E-state index in [0.29, 0.717) is 24.7 Å². The minimum atomic E-state index is -0.110. The molecule has 0 radical (unpaired) electrons. The third-order valence-electron chi connectivity index (χ3n) is 3.46.